The zero-order valence-corrected chi connectivity index (χ0v) is 14.1. The largest absolute Gasteiger partial charge is 0.393 e. The minimum Gasteiger partial charge on any atom is -0.393 e. The Morgan fingerprint density at radius 1 is 1.08 bits per heavy atom. The lowest BCUT2D eigenvalue weighted by Crippen LogP contribution is -2.35. The molecule has 0 atom stereocenters. The third-order valence-corrected chi connectivity index (χ3v) is 4.57. The molecule has 2 aromatic carbocycles. The Morgan fingerprint density at radius 2 is 1.71 bits per heavy atom. The highest BCUT2D eigenvalue weighted by Crippen LogP contribution is 2.22. The summed E-state index contributed by atoms with van der Waals surface area (Å²) in [5.41, 5.74) is 2.72. The summed E-state index contributed by atoms with van der Waals surface area (Å²) >= 11 is 0. The number of hydrogen-bond donors (Lipinski definition) is 1. The van der Waals surface area contributed by atoms with Crippen molar-refractivity contribution in [3.8, 4) is 0 Å². The summed E-state index contributed by atoms with van der Waals surface area (Å²) in [7, 11) is 0. The smallest absolute Gasteiger partial charge is 0.258 e. The van der Waals surface area contributed by atoms with Crippen molar-refractivity contribution in [2.24, 2.45) is 0 Å². The summed E-state index contributed by atoms with van der Waals surface area (Å²) in [4.78, 5) is 16.8. The second-order valence-electron chi connectivity index (χ2n) is 6.15. The Balaban J connectivity index is 1.73. The number of carbonyl (C=O) groups is 1. The van der Waals surface area contributed by atoms with Gasteiger partial charge in [-0.1, -0.05) is 18.2 Å². The Hall–Kier alpha value is -2.33. The molecule has 0 bridgehead atoms. The van der Waals surface area contributed by atoms with Gasteiger partial charge in [0.05, 0.1) is 6.10 Å². The Labute approximate surface area is 143 Å². The average molecular weight is 324 g/mol. The van der Waals surface area contributed by atoms with Gasteiger partial charge in [0.2, 0.25) is 0 Å². The van der Waals surface area contributed by atoms with Gasteiger partial charge in [-0.25, -0.2) is 0 Å². The van der Waals surface area contributed by atoms with Crippen LogP contribution in [0, 0.1) is 0 Å². The summed E-state index contributed by atoms with van der Waals surface area (Å²) < 4.78 is 0. The molecule has 1 aliphatic heterocycles. The third-order valence-electron chi connectivity index (χ3n) is 4.57. The molecule has 0 aliphatic carbocycles. The molecule has 24 heavy (non-hydrogen) atoms. The zero-order valence-electron chi connectivity index (χ0n) is 14.1. The van der Waals surface area contributed by atoms with Crippen LogP contribution in [0.4, 0.5) is 11.4 Å². The van der Waals surface area contributed by atoms with Gasteiger partial charge in [-0.15, -0.1) is 0 Å². The maximum atomic E-state index is 12.8. The molecule has 1 heterocycles. The fraction of sp³-hybridized carbons (Fsp3) is 0.350. The Bertz CT molecular complexity index is 662. The van der Waals surface area contributed by atoms with E-state index in [9.17, 15) is 9.90 Å². The number of rotatable bonds is 4. The normalized spacial score (nSPS) is 15.3. The predicted molar refractivity (Wildman–Crippen MR) is 97.7 cm³/mol. The minimum atomic E-state index is -0.175. The van der Waals surface area contributed by atoms with Crippen LogP contribution in [0.3, 0.4) is 0 Å². The lowest BCUT2D eigenvalue weighted by Gasteiger charge is -2.31. The number of nitrogens with zero attached hydrogens (tertiary/aromatic N) is 2. The van der Waals surface area contributed by atoms with Crippen molar-refractivity contribution in [3.05, 3.63) is 60.2 Å². The molecule has 4 nitrogen and oxygen atoms in total. The van der Waals surface area contributed by atoms with Crippen molar-refractivity contribution in [1.29, 1.82) is 0 Å². The number of para-hydroxylation sites is 1. The second kappa shape index (κ2) is 7.49. The number of hydrogen-bond acceptors (Lipinski definition) is 3. The highest BCUT2D eigenvalue weighted by atomic mass is 16.3. The minimum absolute atomic E-state index is 0.0179. The van der Waals surface area contributed by atoms with Crippen LogP contribution in [-0.2, 0) is 0 Å². The number of aliphatic hydroxyl groups excluding tert-OH is 1. The SMILES string of the molecule is CCN(C(=O)c1ccc(N2CCC(O)CC2)cc1)c1ccccc1. The van der Waals surface area contributed by atoms with Gasteiger partial charge in [0.1, 0.15) is 0 Å². The monoisotopic (exact) mass is 324 g/mol. The Kier molecular flexibility index (Phi) is 5.16. The first kappa shape index (κ1) is 16.5. The van der Waals surface area contributed by atoms with E-state index in [0.29, 0.717) is 12.1 Å². The van der Waals surface area contributed by atoms with Crippen LogP contribution in [0.5, 0.6) is 0 Å². The van der Waals surface area contributed by atoms with Crippen molar-refractivity contribution in [2.75, 3.05) is 29.4 Å². The molecule has 3 rings (SSSR count). The molecule has 0 spiro atoms. The number of anilines is 2. The van der Waals surface area contributed by atoms with Gasteiger partial charge in [0, 0.05) is 36.6 Å². The van der Waals surface area contributed by atoms with Crippen LogP contribution in [0.25, 0.3) is 0 Å². The maximum absolute atomic E-state index is 12.8. The van der Waals surface area contributed by atoms with E-state index < -0.39 is 0 Å². The standard InChI is InChI=1S/C20H24N2O2/c1-2-22(18-6-4-3-5-7-18)20(24)16-8-10-17(11-9-16)21-14-12-19(23)13-15-21/h3-11,19,23H,2,12-15H2,1H3. The predicted octanol–water partition coefficient (Wildman–Crippen LogP) is 3.31. The number of benzene rings is 2. The van der Waals surface area contributed by atoms with E-state index in [2.05, 4.69) is 4.90 Å². The van der Waals surface area contributed by atoms with Crippen molar-refractivity contribution in [3.63, 3.8) is 0 Å². The van der Waals surface area contributed by atoms with E-state index in [-0.39, 0.29) is 12.0 Å². The summed E-state index contributed by atoms with van der Waals surface area (Å²) in [6.45, 7) is 4.34. The first-order valence-electron chi connectivity index (χ1n) is 8.59. The molecule has 1 aliphatic rings. The van der Waals surface area contributed by atoms with E-state index in [1.54, 1.807) is 4.90 Å². The lowest BCUT2D eigenvalue weighted by atomic mass is 10.1. The summed E-state index contributed by atoms with van der Waals surface area (Å²) in [5, 5.41) is 9.61. The highest BCUT2D eigenvalue weighted by molar-refractivity contribution is 6.06. The van der Waals surface area contributed by atoms with E-state index in [1.165, 1.54) is 0 Å². The fourth-order valence-electron chi connectivity index (χ4n) is 3.15. The van der Waals surface area contributed by atoms with Crippen LogP contribution >= 0.6 is 0 Å². The van der Waals surface area contributed by atoms with Crippen LogP contribution in [0.1, 0.15) is 30.1 Å². The molecule has 0 aromatic heterocycles. The van der Waals surface area contributed by atoms with E-state index >= 15 is 0 Å². The number of aliphatic hydroxyl groups is 1. The molecule has 1 amide bonds. The first-order valence-corrected chi connectivity index (χ1v) is 8.59. The van der Waals surface area contributed by atoms with Gasteiger partial charge in [-0.05, 0) is 56.2 Å². The van der Waals surface area contributed by atoms with E-state index in [0.717, 1.165) is 37.3 Å². The van der Waals surface area contributed by atoms with Crippen LogP contribution in [0.2, 0.25) is 0 Å². The van der Waals surface area contributed by atoms with Gasteiger partial charge in [-0.3, -0.25) is 4.79 Å². The molecule has 1 saturated heterocycles. The summed E-state index contributed by atoms with van der Waals surface area (Å²) in [6.07, 6.45) is 1.43. The molecule has 1 fully saturated rings. The fourth-order valence-corrected chi connectivity index (χ4v) is 3.15. The maximum Gasteiger partial charge on any atom is 0.258 e. The Morgan fingerprint density at radius 3 is 2.29 bits per heavy atom. The lowest BCUT2D eigenvalue weighted by molar-refractivity contribution is 0.0988. The topological polar surface area (TPSA) is 43.8 Å². The molecule has 0 saturated carbocycles. The number of piperidine rings is 1. The van der Waals surface area contributed by atoms with Crippen molar-refractivity contribution in [2.45, 2.75) is 25.9 Å². The van der Waals surface area contributed by atoms with Gasteiger partial charge < -0.3 is 14.9 Å². The quantitative estimate of drug-likeness (QED) is 0.938. The molecular formula is C20H24N2O2. The van der Waals surface area contributed by atoms with Gasteiger partial charge in [0.15, 0.2) is 0 Å². The first-order chi connectivity index (χ1) is 11.7. The summed E-state index contributed by atoms with van der Waals surface area (Å²) in [5.74, 6) is 0.0179. The highest BCUT2D eigenvalue weighted by Gasteiger charge is 2.19. The second-order valence-corrected chi connectivity index (χ2v) is 6.15. The molecular weight excluding hydrogens is 300 g/mol. The summed E-state index contributed by atoms with van der Waals surface area (Å²) in [6, 6.07) is 17.5. The van der Waals surface area contributed by atoms with E-state index in [4.69, 9.17) is 0 Å². The molecule has 0 unspecified atom stereocenters. The third kappa shape index (κ3) is 3.60. The van der Waals surface area contributed by atoms with Crippen LogP contribution < -0.4 is 9.80 Å². The molecule has 1 N–H and O–H groups in total. The average Bonchev–Trinajstić information content (AvgIpc) is 2.64. The van der Waals surface area contributed by atoms with E-state index in [1.807, 2.05) is 61.5 Å². The number of carbonyl (C=O) groups excluding carboxylic acids is 1. The molecule has 4 heteroatoms. The van der Waals surface area contributed by atoms with Gasteiger partial charge in [0.25, 0.3) is 5.91 Å². The number of amides is 1. The molecule has 2 aromatic rings. The van der Waals surface area contributed by atoms with Crippen molar-refractivity contribution >= 4 is 17.3 Å². The molecule has 0 radical (unpaired) electrons. The van der Waals surface area contributed by atoms with Gasteiger partial charge in [-0.2, -0.15) is 0 Å². The van der Waals surface area contributed by atoms with Crippen LogP contribution in [0.15, 0.2) is 54.6 Å². The van der Waals surface area contributed by atoms with Gasteiger partial charge >= 0.3 is 0 Å². The molecule has 126 valence electrons. The van der Waals surface area contributed by atoms with Crippen LogP contribution in [-0.4, -0.2) is 36.8 Å². The zero-order chi connectivity index (χ0) is 16.9. The van der Waals surface area contributed by atoms with Crippen molar-refractivity contribution < 1.29 is 9.90 Å². The van der Waals surface area contributed by atoms with Crippen molar-refractivity contribution in [1.82, 2.24) is 0 Å².